The molecule has 2 nitrogen and oxygen atoms in total. The van der Waals surface area contributed by atoms with Gasteiger partial charge in [-0.05, 0) is 62.2 Å². The van der Waals surface area contributed by atoms with Crippen LogP contribution in [-0.2, 0) is 0 Å². The van der Waals surface area contributed by atoms with Gasteiger partial charge in [0.25, 0.3) is 0 Å². The van der Waals surface area contributed by atoms with Gasteiger partial charge < -0.3 is 9.73 Å². The fraction of sp³-hybridized carbons (Fsp3) is 0.231. The van der Waals surface area contributed by atoms with E-state index >= 15 is 0 Å². The van der Waals surface area contributed by atoms with Crippen LogP contribution in [0.2, 0.25) is 5.02 Å². The third-order valence-corrected chi connectivity index (χ3v) is 4.46. The molecule has 0 saturated carbocycles. The fourth-order valence-corrected chi connectivity index (χ4v) is 2.71. The third-order valence-electron chi connectivity index (χ3n) is 2.59. The molecule has 0 fully saturated rings. The Morgan fingerprint density at radius 2 is 2.06 bits per heavy atom. The van der Waals surface area contributed by atoms with Crippen molar-refractivity contribution >= 4 is 43.5 Å². The quantitative estimate of drug-likeness (QED) is 0.776. The first-order valence-electron chi connectivity index (χ1n) is 5.54. The Morgan fingerprint density at radius 1 is 1.28 bits per heavy atom. The lowest BCUT2D eigenvalue weighted by atomic mass is 10.0. The molecule has 18 heavy (non-hydrogen) atoms. The van der Waals surface area contributed by atoms with Gasteiger partial charge >= 0.3 is 0 Å². The summed E-state index contributed by atoms with van der Waals surface area (Å²) in [6.07, 6.45) is 1.68. The summed E-state index contributed by atoms with van der Waals surface area (Å²) in [5.41, 5.74) is 1.10. The standard InChI is InChI=1S/C13H12Br2ClNO/c1-2-17-12(13-9(14)5-6-18-13)8-3-4-11(16)10(15)7-8/h3-7,12,17H,2H2,1H3. The minimum atomic E-state index is 0.00735. The molecule has 1 N–H and O–H groups in total. The van der Waals surface area contributed by atoms with Crippen molar-refractivity contribution < 1.29 is 4.42 Å². The molecule has 1 heterocycles. The summed E-state index contributed by atoms with van der Waals surface area (Å²) >= 11 is 13.0. The number of benzene rings is 1. The maximum atomic E-state index is 6.02. The van der Waals surface area contributed by atoms with Crippen molar-refractivity contribution in [3.63, 3.8) is 0 Å². The Morgan fingerprint density at radius 3 is 2.61 bits per heavy atom. The Labute approximate surface area is 128 Å². The molecule has 0 aliphatic rings. The Bertz CT molecular complexity index is 542. The molecule has 1 aromatic carbocycles. The summed E-state index contributed by atoms with van der Waals surface area (Å²) in [5, 5.41) is 4.10. The molecule has 0 aliphatic carbocycles. The number of hydrogen-bond donors (Lipinski definition) is 1. The zero-order valence-corrected chi connectivity index (χ0v) is 13.6. The first-order chi connectivity index (χ1) is 8.63. The molecule has 0 spiro atoms. The van der Waals surface area contributed by atoms with Gasteiger partial charge in [0.15, 0.2) is 0 Å². The molecule has 0 saturated heterocycles. The minimum Gasteiger partial charge on any atom is -0.466 e. The second-order valence-corrected chi connectivity index (χ2v) is 5.91. The largest absolute Gasteiger partial charge is 0.466 e. The molecule has 1 unspecified atom stereocenters. The molecule has 0 aliphatic heterocycles. The van der Waals surface area contributed by atoms with Gasteiger partial charge in [-0.3, -0.25) is 0 Å². The Hall–Kier alpha value is -0.290. The molecule has 1 atom stereocenters. The van der Waals surface area contributed by atoms with Crippen molar-refractivity contribution in [1.82, 2.24) is 5.32 Å². The van der Waals surface area contributed by atoms with Gasteiger partial charge in [-0.1, -0.05) is 24.6 Å². The van der Waals surface area contributed by atoms with E-state index < -0.39 is 0 Å². The van der Waals surface area contributed by atoms with Gasteiger partial charge in [0, 0.05) is 4.47 Å². The number of nitrogens with one attached hydrogen (secondary N) is 1. The lowest BCUT2D eigenvalue weighted by Gasteiger charge is -2.17. The molecule has 2 aromatic rings. The second kappa shape index (κ2) is 6.24. The number of furan rings is 1. The molecule has 0 bridgehead atoms. The van der Waals surface area contributed by atoms with E-state index in [2.05, 4.69) is 44.1 Å². The van der Waals surface area contributed by atoms with Gasteiger partial charge in [0.1, 0.15) is 5.76 Å². The zero-order chi connectivity index (χ0) is 13.1. The SMILES string of the molecule is CCNC(c1ccc(Cl)c(Br)c1)c1occc1Br. The van der Waals surface area contributed by atoms with Gasteiger partial charge in [-0.25, -0.2) is 0 Å². The van der Waals surface area contributed by atoms with E-state index in [9.17, 15) is 0 Å². The van der Waals surface area contributed by atoms with Crippen LogP contribution in [0.1, 0.15) is 24.3 Å². The smallest absolute Gasteiger partial charge is 0.139 e. The van der Waals surface area contributed by atoms with E-state index in [1.807, 2.05) is 24.3 Å². The molecular weight excluding hydrogens is 381 g/mol. The van der Waals surface area contributed by atoms with Crippen molar-refractivity contribution in [2.45, 2.75) is 13.0 Å². The van der Waals surface area contributed by atoms with E-state index in [1.165, 1.54) is 0 Å². The van der Waals surface area contributed by atoms with Crippen LogP contribution in [0.3, 0.4) is 0 Å². The first-order valence-corrected chi connectivity index (χ1v) is 7.51. The van der Waals surface area contributed by atoms with Crippen LogP contribution in [0, 0.1) is 0 Å². The number of rotatable bonds is 4. The van der Waals surface area contributed by atoms with Crippen LogP contribution >= 0.6 is 43.5 Å². The van der Waals surface area contributed by atoms with E-state index in [-0.39, 0.29) is 6.04 Å². The van der Waals surface area contributed by atoms with Crippen LogP contribution in [0.15, 0.2) is 43.9 Å². The molecule has 0 radical (unpaired) electrons. The fourth-order valence-electron chi connectivity index (χ4n) is 1.77. The maximum Gasteiger partial charge on any atom is 0.139 e. The zero-order valence-electron chi connectivity index (χ0n) is 9.71. The monoisotopic (exact) mass is 391 g/mol. The van der Waals surface area contributed by atoms with Crippen LogP contribution < -0.4 is 5.32 Å². The summed E-state index contributed by atoms with van der Waals surface area (Å²) < 4.78 is 7.39. The average Bonchev–Trinajstić information content (AvgIpc) is 2.76. The number of hydrogen-bond acceptors (Lipinski definition) is 2. The minimum absolute atomic E-state index is 0.00735. The average molecular weight is 394 g/mol. The second-order valence-electron chi connectivity index (χ2n) is 3.80. The summed E-state index contributed by atoms with van der Waals surface area (Å²) in [4.78, 5) is 0. The van der Waals surface area contributed by atoms with Crippen molar-refractivity contribution in [1.29, 1.82) is 0 Å². The molecule has 96 valence electrons. The molecule has 5 heteroatoms. The molecular formula is C13H12Br2ClNO. The summed E-state index contributed by atoms with van der Waals surface area (Å²) in [6.45, 7) is 2.91. The van der Waals surface area contributed by atoms with Crippen molar-refractivity contribution in [2.75, 3.05) is 6.54 Å². The predicted octanol–water partition coefficient (Wildman–Crippen LogP) is 5.16. The van der Waals surface area contributed by atoms with Crippen LogP contribution in [-0.4, -0.2) is 6.54 Å². The molecule has 2 rings (SSSR count). The highest BCUT2D eigenvalue weighted by atomic mass is 79.9. The van der Waals surface area contributed by atoms with Crippen molar-refractivity contribution in [2.24, 2.45) is 0 Å². The lowest BCUT2D eigenvalue weighted by Crippen LogP contribution is -2.21. The molecule has 0 amide bonds. The normalized spacial score (nSPS) is 12.7. The highest BCUT2D eigenvalue weighted by molar-refractivity contribution is 9.10. The highest BCUT2D eigenvalue weighted by Gasteiger charge is 2.19. The predicted molar refractivity (Wildman–Crippen MR) is 81.1 cm³/mol. The summed E-state index contributed by atoms with van der Waals surface area (Å²) in [7, 11) is 0. The number of halogens is 3. The summed E-state index contributed by atoms with van der Waals surface area (Å²) in [5.74, 6) is 0.867. The first kappa shape index (κ1) is 14.1. The summed E-state index contributed by atoms with van der Waals surface area (Å²) in [6, 6.07) is 7.78. The Balaban J connectivity index is 2.41. The molecule has 1 aromatic heterocycles. The highest BCUT2D eigenvalue weighted by Crippen LogP contribution is 2.32. The maximum absolute atomic E-state index is 6.02. The van der Waals surface area contributed by atoms with Crippen LogP contribution in [0.25, 0.3) is 0 Å². The van der Waals surface area contributed by atoms with Gasteiger partial charge in [0.05, 0.1) is 21.8 Å². The van der Waals surface area contributed by atoms with Gasteiger partial charge in [-0.2, -0.15) is 0 Å². The van der Waals surface area contributed by atoms with Crippen LogP contribution in [0.4, 0.5) is 0 Å². The van der Waals surface area contributed by atoms with Gasteiger partial charge in [-0.15, -0.1) is 0 Å². The van der Waals surface area contributed by atoms with Crippen molar-refractivity contribution in [3.8, 4) is 0 Å². The Kier molecular flexibility index (Phi) is 4.90. The van der Waals surface area contributed by atoms with E-state index in [4.69, 9.17) is 16.0 Å². The van der Waals surface area contributed by atoms with Gasteiger partial charge in [0.2, 0.25) is 0 Å². The van der Waals surface area contributed by atoms with E-state index in [0.29, 0.717) is 5.02 Å². The van der Waals surface area contributed by atoms with Crippen molar-refractivity contribution in [3.05, 3.63) is 55.8 Å². The topological polar surface area (TPSA) is 25.2 Å². The van der Waals surface area contributed by atoms with E-state index in [1.54, 1.807) is 6.26 Å². The van der Waals surface area contributed by atoms with E-state index in [0.717, 1.165) is 26.8 Å². The third kappa shape index (κ3) is 2.99. The lowest BCUT2D eigenvalue weighted by molar-refractivity contribution is 0.450. The van der Waals surface area contributed by atoms with Crippen LogP contribution in [0.5, 0.6) is 0 Å².